The van der Waals surface area contributed by atoms with Crippen LogP contribution in [-0.4, -0.2) is 52.7 Å². The molecule has 1 amide bonds. The maximum absolute atomic E-state index is 13.9. The molecule has 4 rings (SSSR count). The van der Waals surface area contributed by atoms with E-state index in [4.69, 9.17) is 4.74 Å². The maximum Gasteiger partial charge on any atom is 0.330 e. The zero-order valence-corrected chi connectivity index (χ0v) is 23.4. The summed E-state index contributed by atoms with van der Waals surface area (Å²) in [5.41, 5.74) is 4.28. The average Bonchev–Trinajstić information content (AvgIpc) is 2.95. The highest BCUT2D eigenvalue weighted by molar-refractivity contribution is 5.95. The number of rotatable bonds is 8. The lowest BCUT2D eigenvalue weighted by Gasteiger charge is -2.41. The molecule has 0 bridgehead atoms. The van der Waals surface area contributed by atoms with Crippen molar-refractivity contribution in [2.75, 3.05) is 55.5 Å². The molecule has 0 spiro atoms. The molecule has 2 aromatic rings. The number of amides is 1. The van der Waals surface area contributed by atoms with Gasteiger partial charge in [-0.05, 0) is 79.1 Å². The minimum absolute atomic E-state index is 0.101. The number of hydrogen-bond acceptors (Lipinski definition) is 5. The zero-order valence-electron chi connectivity index (χ0n) is 23.4. The van der Waals surface area contributed by atoms with Gasteiger partial charge in [0.15, 0.2) is 0 Å². The maximum atomic E-state index is 13.9. The number of nitrogens with zero attached hydrogens (tertiary/aromatic N) is 3. The number of carbonyl (C=O) groups excluding carboxylic acids is 2. The largest absolute Gasteiger partial charge is 0.466 e. The van der Waals surface area contributed by atoms with E-state index in [0.29, 0.717) is 11.8 Å². The van der Waals surface area contributed by atoms with Gasteiger partial charge in [-0.25, -0.2) is 4.79 Å². The van der Waals surface area contributed by atoms with E-state index in [1.807, 2.05) is 29.2 Å². The van der Waals surface area contributed by atoms with Gasteiger partial charge in [0.2, 0.25) is 5.91 Å². The van der Waals surface area contributed by atoms with Gasteiger partial charge in [-0.2, -0.15) is 0 Å². The number of methoxy groups -OCH3 is 1. The minimum Gasteiger partial charge on any atom is -0.466 e. The fourth-order valence-corrected chi connectivity index (χ4v) is 5.82. The minimum atomic E-state index is -0.387. The second-order valence-electron chi connectivity index (χ2n) is 11.1. The molecular formula is C32H43N3O3. The second kappa shape index (κ2) is 13.0. The summed E-state index contributed by atoms with van der Waals surface area (Å²) in [4.78, 5) is 32.2. The van der Waals surface area contributed by atoms with Crippen molar-refractivity contribution < 1.29 is 14.3 Å². The number of carbonyl (C=O) groups is 2. The third-order valence-corrected chi connectivity index (χ3v) is 8.25. The number of ether oxygens (including phenoxy) is 1. The topological polar surface area (TPSA) is 53.1 Å². The van der Waals surface area contributed by atoms with E-state index < -0.39 is 0 Å². The Kier molecular flexibility index (Phi) is 9.48. The Morgan fingerprint density at radius 3 is 2.39 bits per heavy atom. The Bertz CT molecular complexity index is 1110. The lowest BCUT2D eigenvalue weighted by molar-refractivity contribution is -0.134. The Balaban J connectivity index is 1.51. The van der Waals surface area contributed by atoms with E-state index in [-0.39, 0.29) is 17.8 Å². The molecule has 0 aromatic heterocycles. The molecule has 1 heterocycles. The molecule has 6 nitrogen and oxygen atoms in total. The number of benzene rings is 2. The zero-order chi connectivity index (χ0) is 27.1. The Morgan fingerprint density at radius 1 is 1.00 bits per heavy atom. The van der Waals surface area contributed by atoms with E-state index in [1.54, 1.807) is 6.08 Å². The van der Waals surface area contributed by atoms with Crippen molar-refractivity contribution in [3.63, 3.8) is 0 Å². The summed E-state index contributed by atoms with van der Waals surface area (Å²) in [5.74, 6) is 0.856. The highest BCUT2D eigenvalue weighted by Gasteiger charge is 2.33. The van der Waals surface area contributed by atoms with Crippen LogP contribution in [0.1, 0.15) is 51.0 Å². The summed E-state index contributed by atoms with van der Waals surface area (Å²) < 4.78 is 4.74. The summed E-state index contributed by atoms with van der Waals surface area (Å²) in [5, 5.41) is 0. The molecule has 1 aliphatic carbocycles. The van der Waals surface area contributed by atoms with Gasteiger partial charge >= 0.3 is 5.97 Å². The molecule has 2 aromatic carbocycles. The van der Waals surface area contributed by atoms with Crippen LogP contribution in [0.15, 0.2) is 54.6 Å². The highest BCUT2D eigenvalue weighted by Crippen LogP contribution is 2.33. The SMILES string of the molecule is COC(=O)/C=C/c1cccc(N(CC2CCN(c3ccc(N(C)C)cc3)CC2C)C(=O)C2CCCCC2)c1. The lowest BCUT2D eigenvalue weighted by Crippen LogP contribution is -2.46. The van der Waals surface area contributed by atoms with Gasteiger partial charge in [0, 0.05) is 62.8 Å². The third-order valence-electron chi connectivity index (χ3n) is 8.25. The Labute approximate surface area is 228 Å². The normalized spacial score (nSPS) is 20.4. The summed E-state index contributed by atoms with van der Waals surface area (Å²) in [6, 6.07) is 16.8. The summed E-state index contributed by atoms with van der Waals surface area (Å²) in [6.45, 7) is 5.03. The second-order valence-corrected chi connectivity index (χ2v) is 11.1. The number of anilines is 3. The first-order valence-corrected chi connectivity index (χ1v) is 14.1. The molecule has 0 radical (unpaired) electrons. The Morgan fingerprint density at radius 2 is 1.74 bits per heavy atom. The molecular weight excluding hydrogens is 474 g/mol. The first-order chi connectivity index (χ1) is 18.4. The molecule has 0 N–H and O–H groups in total. The molecule has 38 heavy (non-hydrogen) atoms. The lowest BCUT2D eigenvalue weighted by atomic mass is 9.84. The average molecular weight is 518 g/mol. The fraction of sp³-hybridized carbons (Fsp3) is 0.500. The van der Waals surface area contributed by atoms with Crippen LogP contribution in [0.3, 0.4) is 0 Å². The van der Waals surface area contributed by atoms with Crippen molar-refractivity contribution in [2.45, 2.75) is 45.4 Å². The molecule has 204 valence electrons. The van der Waals surface area contributed by atoms with Crippen molar-refractivity contribution in [3.8, 4) is 0 Å². The predicted octanol–water partition coefficient (Wildman–Crippen LogP) is 6.01. The van der Waals surface area contributed by atoms with Crippen LogP contribution in [0.25, 0.3) is 6.08 Å². The van der Waals surface area contributed by atoms with Gasteiger partial charge in [0.1, 0.15) is 0 Å². The van der Waals surface area contributed by atoms with Crippen LogP contribution in [-0.2, 0) is 14.3 Å². The first-order valence-electron chi connectivity index (χ1n) is 14.1. The van der Waals surface area contributed by atoms with E-state index in [0.717, 1.165) is 63.0 Å². The molecule has 1 aliphatic heterocycles. The van der Waals surface area contributed by atoms with Gasteiger partial charge in [0.25, 0.3) is 0 Å². The number of hydrogen-bond donors (Lipinski definition) is 0. The monoisotopic (exact) mass is 517 g/mol. The van der Waals surface area contributed by atoms with Gasteiger partial charge in [-0.1, -0.05) is 38.3 Å². The van der Waals surface area contributed by atoms with Crippen molar-refractivity contribution in [1.82, 2.24) is 0 Å². The molecule has 2 unspecified atom stereocenters. The van der Waals surface area contributed by atoms with Gasteiger partial charge in [-0.3, -0.25) is 4.79 Å². The first kappa shape index (κ1) is 27.7. The van der Waals surface area contributed by atoms with Crippen LogP contribution in [0, 0.1) is 17.8 Å². The molecule has 1 saturated carbocycles. The quantitative estimate of drug-likeness (QED) is 0.317. The number of piperidine rings is 1. The molecule has 1 saturated heterocycles. The molecule has 2 atom stereocenters. The van der Waals surface area contributed by atoms with Crippen LogP contribution in [0.5, 0.6) is 0 Å². The molecule has 2 aliphatic rings. The van der Waals surface area contributed by atoms with Crippen molar-refractivity contribution in [3.05, 3.63) is 60.2 Å². The third kappa shape index (κ3) is 6.97. The van der Waals surface area contributed by atoms with Crippen LogP contribution in [0.2, 0.25) is 0 Å². The molecule has 6 heteroatoms. The standard InChI is InChI=1S/C32H43N3O3/c1-24-22-34(29-16-14-28(15-17-29)33(2)3)20-19-27(24)23-35(32(37)26-10-6-5-7-11-26)30-12-8-9-25(21-30)13-18-31(36)38-4/h8-9,12-18,21,24,26-27H,5-7,10-11,19-20,22-23H2,1-4H3/b18-13+. The summed E-state index contributed by atoms with van der Waals surface area (Å²) in [6.07, 6.45) is 9.68. The predicted molar refractivity (Wildman–Crippen MR) is 157 cm³/mol. The van der Waals surface area contributed by atoms with Crippen molar-refractivity contribution >= 4 is 35.0 Å². The van der Waals surface area contributed by atoms with Gasteiger partial charge in [-0.15, -0.1) is 0 Å². The van der Waals surface area contributed by atoms with Gasteiger partial charge < -0.3 is 19.4 Å². The highest BCUT2D eigenvalue weighted by atomic mass is 16.5. The Hall–Kier alpha value is -3.28. The summed E-state index contributed by atoms with van der Waals surface area (Å²) in [7, 11) is 5.50. The van der Waals surface area contributed by atoms with Crippen molar-refractivity contribution in [2.24, 2.45) is 17.8 Å². The van der Waals surface area contributed by atoms with E-state index in [2.05, 4.69) is 55.1 Å². The van der Waals surface area contributed by atoms with E-state index >= 15 is 0 Å². The smallest absolute Gasteiger partial charge is 0.330 e. The fourth-order valence-electron chi connectivity index (χ4n) is 5.82. The van der Waals surface area contributed by atoms with E-state index in [1.165, 1.54) is 31.0 Å². The van der Waals surface area contributed by atoms with Crippen LogP contribution >= 0.6 is 0 Å². The van der Waals surface area contributed by atoms with Gasteiger partial charge in [0.05, 0.1) is 7.11 Å². The summed E-state index contributed by atoms with van der Waals surface area (Å²) >= 11 is 0. The molecule has 2 fully saturated rings. The number of esters is 1. The van der Waals surface area contributed by atoms with Crippen LogP contribution in [0.4, 0.5) is 17.1 Å². The van der Waals surface area contributed by atoms with Crippen LogP contribution < -0.4 is 14.7 Å². The van der Waals surface area contributed by atoms with E-state index in [9.17, 15) is 9.59 Å². The van der Waals surface area contributed by atoms with Crippen molar-refractivity contribution in [1.29, 1.82) is 0 Å².